The molecule has 11 heteroatoms. The van der Waals surface area contributed by atoms with Crippen molar-refractivity contribution in [2.75, 3.05) is 0 Å². The molecule has 33 heavy (non-hydrogen) atoms. The van der Waals surface area contributed by atoms with Crippen LogP contribution >= 0.6 is 34.7 Å². The third-order valence-corrected chi connectivity index (χ3v) is 7.21. The highest BCUT2D eigenvalue weighted by atomic mass is 35.5. The van der Waals surface area contributed by atoms with Crippen molar-refractivity contribution in [3.05, 3.63) is 90.8 Å². The van der Waals surface area contributed by atoms with Crippen LogP contribution in [0, 0.1) is 5.82 Å². The van der Waals surface area contributed by atoms with Crippen molar-refractivity contribution in [1.82, 2.24) is 24.1 Å². The van der Waals surface area contributed by atoms with Gasteiger partial charge >= 0.3 is 0 Å². The molecule has 166 valence electrons. The minimum atomic E-state index is -0.578. The molecule has 5 aromatic rings. The number of nitrogens with zero attached hydrogens (tertiary/aromatic N) is 5. The molecule has 0 saturated carbocycles. The monoisotopic (exact) mass is 499 g/mol. The zero-order chi connectivity index (χ0) is 23.1. The first-order valence-corrected chi connectivity index (χ1v) is 12.1. The molecule has 0 fully saturated rings. The third kappa shape index (κ3) is 4.05. The second-order valence-electron chi connectivity index (χ2n) is 7.07. The lowest BCUT2D eigenvalue weighted by molar-refractivity contribution is 0.627. The van der Waals surface area contributed by atoms with Gasteiger partial charge in [-0.25, -0.2) is 14.4 Å². The summed E-state index contributed by atoms with van der Waals surface area (Å²) in [5.74, 6) is -0.282. The highest BCUT2D eigenvalue weighted by Crippen LogP contribution is 2.26. The summed E-state index contributed by atoms with van der Waals surface area (Å²) >= 11 is 8.59. The van der Waals surface area contributed by atoms with Gasteiger partial charge in [0.25, 0.3) is 11.1 Å². The molecular weight excluding hydrogens is 485 g/mol. The van der Waals surface area contributed by atoms with Crippen molar-refractivity contribution in [2.45, 2.75) is 24.3 Å². The molecule has 0 spiro atoms. The molecule has 0 atom stereocenters. The Morgan fingerprint density at radius 1 is 1.12 bits per heavy atom. The summed E-state index contributed by atoms with van der Waals surface area (Å²) in [4.78, 5) is 35.5. The van der Waals surface area contributed by atoms with Crippen molar-refractivity contribution >= 4 is 50.6 Å². The van der Waals surface area contributed by atoms with Crippen molar-refractivity contribution in [2.24, 2.45) is 0 Å². The molecule has 7 nitrogen and oxygen atoms in total. The summed E-state index contributed by atoms with van der Waals surface area (Å²) in [7, 11) is 0. The third-order valence-electron chi connectivity index (χ3n) is 4.90. The van der Waals surface area contributed by atoms with Crippen LogP contribution in [0.25, 0.3) is 21.6 Å². The van der Waals surface area contributed by atoms with E-state index in [9.17, 15) is 14.0 Å². The number of hydrogen-bond donors (Lipinski definition) is 0. The van der Waals surface area contributed by atoms with Crippen molar-refractivity contribution < 1.29 is 4.39 Å². The zero-order valence-corrected chi connectivity index (χ0v) is 19.5. The van der Waals surface area contributed by atoms with Crippen LogP contribution in [-0.2, 0) is 12.2 Å². The molecule has 0 aliphatic carbocycles. The predicted molar refractivity (Wildman–Crippen MR) is 128 cm³/mol. The van der Waals surface area contributed by atoms with E-state index in [-0.39, 0.29) is 16.1 Å². The van der Waals surface area contributed by atoms with Crippen LogP contribution in [-0.4, -0.2) is 24.1 Å². The quantitative estimate of drug-likeness (QED) is 0.261. The smallest absolute Gasteiger partial charge is 0.268 e. The topological polar surface area (TPSA) is 82.2 Å². The first kappa shape index (κ1) is 21.7. The fourth-order valence-corrected chi connectivity index (χ4v) is 5.25. The van der Waals surface area contributed by atoms with Gasteiger partial charge in [-0.3, -0.25) is 14.2 Å². The lowest BCUT2D eigenvalue weighted by atomic mass is 10.2. The first-order chi connectivity index (χ1) is 15.9. The van der Waals surface area contributed by atoms with Gasteiger partial charge in [0.05, 0.1) is 27.3 Å². The second-order valence-corrected chi connectivity index (χ2v) is 9.46. The number of aryl methyl sites for hydroxylation is 1. The van der Waals surface area contributed by atoms with E-state index < -0.39 is 5.82 Å². The summed E-state index contributed by atoms with van der Waals surface area (Å²) in [5, 5.41) is 5.79. The summed E-state index contributed by atoms with van der Waals surface area (Å²) in [6, 6.07) is 12.5. The van der Waals surface area contributed by atoms with E-state index in [1.54, 1.807) is 24.3 Å². The van der Waals surface area contributed by atoms with E-state index in [0.717, 1.165) is 5.01 Å². The lowest BCUT2D eigenvalue weighted by Gasteiger charge is -2.13. The number of aromatic nitrogens is 5. The van der Waals surface area contributed by atoms with Crippen LogP contribution in [0.3, 0.4) is 0 Å². The predicted octanol–water partition coefficient (Wildman–Crippen LogP) is 4.50. The molecule has 0 aliphatic heterocycles. The Bertz CT molecular complexity index is 1650. The normalized spacial score (nSPS) is 11.5. The van der Waals surface area contributed by atoms with E-state index in [1.807, 2.05) is 6.92 Å². The first-order valence-electron chi connectivity index (χ1n) is 9.93. The summed E-state index contributed by atoms with van der Waals surface area (Å²) in [6.45, 7) is 1.96. The van der Waals surface area contributed by atoms with Crippen LogP contribution in [0.2, 0.25) is 5.02 Å². The Hall–Kier alpha value is -3.08. The molecular formula is C22H15ClFN5O2S2. The van der Waals surface area contributed by atoms with E-state index in [2.05, 4.69) is 15.1 Å². The Balaban J connectivity index is 1.60. The molecule has 3 aromatic heterocycles. The highest BCUT2D eigenvalue weighted by Gasteiger charge is 2.16. The molecule has 3 heterocycles. The SMILES string of the molecule is CCc1nn2c(=O)cc(CSc3nc4ccccc4c(=O)n3-c3ccc(F)c(Cl)c3)nc2s1. The maximum atomic E-state index is 13.7. The van der Waals surface area contributed by atoms with Gasteiger partial charge in [0, 0.05) is 11.8 Å². The molecule has 0 aliphatic rings. The maximum absolute atomic E-state index is 13.7. The van der Waals surface area contributed by atoms with Crippen LogP contribution in [0.4, 0.5) is 4.39 Å². The molecule has 0 unspecified atom stereocenters. The molecule has 0 bridgehead atoms. The Morgan fingerprint density at radius 2 is 1.94 bits per heavy atom. The summed E-state index contributed by atoms with van der Waals surface area (Å²) < 4.78 is 16.4. The molecule has 0 amide bonds. The van der Waals surface area contributed by atoms with Crippen molar-refractivity contribution in [3.63, 3.8) is 0 Å². The summed E-state index contributed by atoms with van der Waals surface area (Å²) in [6.07, 6.45) is 0.713. The van der Waals surface area contributed by atoms with Crippen molar-refractivity contribution in [3.8, 4) is 5.69 Å². The summed E-state index contributed by atoms with van der Waals surface area (Å²) in [5.41, 5.74) is 0.908. The largest absolute Gasteiger partial charge is 0.275 e. The average molecular weight is 500 g/mol. The van der Waals surface area contributed by atoms with E-state index in [0.29, 0.717) is 44.6 Å². The van der Waals surface area contributed by atoms with Gasteiger partial charge in [0.15, 0.2) is 5.16 Å². The maximum Gasteiger partial charge on any atom is 0.275 e. The molecule has 0 radical (unpaired) electrons. The molecule has 0 saturated heterocycles. The van der Waals surface area contributed by atoms with Crippen LogP contribution < -0.4 is 11.1 Å². The number of halogens is 2. The van der Waals surface area contributed by atoms with Gasteiger partial charge in [0.2, 0.25) is 4.96 Å². The minimum absolute atomic E-state index is 0.0967. The number of benzene rings is 2. The van der Waals surface area contributed by atoms with Crippen LogP contribution in [0.5, 0.6) is 0 Å². The average Bonchev–Trinajstić information content (AvgIpc) is 3.24. The van der Waals surface area contributed by atoms with E-state index in [1.165, 1.54) is 56.4 Å². The standard InChI is InChI=1S/C22H15ClFN5O2S2/c1-2-18-27-29-19(30)9-12(25-22(29)33-18)11-32-21-26-17-6-4-3-5-14(17)20(31)28(21)13-7-8-16(24)15(23)10-13/h3-10H,2,11H2,1H3. The van der Waals surface area contributed by atoms with Gasteiger partial charge in [-0.15, -0.1) is 0 Å². The van der Waals surface area contributed by atoms with Gasteiger partial charge in [-0.2, -0.15) is 9.61 Å². The van der Waals surface area contributed by atoms with Crippen LogP contribution in [0.15, 0.2) is 63.3 Å². The van der Waals surface area contributed by atoms with Gasteiger partial charge in [0.1, 0.15) is 10.8 Å². The minimum Gasteiger partial charge on any atom is -0.268 e. The zero-order valence-electron chi connectivity index (χ0n) is 17.2. The van der Waals surface area contributed by atoms with Crippen LogP contribution in [0.1, 0.15) is 17.6 Å². The Morgan fingerprint density at radius 3 is 2.73 bits per heavy atom. The van der Waals surface area contributed by atoms with E-state index in [4.69, 9.17) is 11.6 Å². The fourth-order valence-electron chi connectivity index (χ4n) is 3.31. The number of rotatable bonds is 5. The second kappa shape index (κ2) is 8.69. The Kier molecular flexibility index (Phi) is 5.73. The van der Waals surface area contributed by atoms with Gasteiger partial charge in [-0.05, 0) is 36.8 Å². The number of fused-ring (bicyclic) bond motifs is 2. The van der Waals surface area contributed by atoms with Crippen molar-refractivity contribution in [1.29, 1.82) is 0 Å². The number of thioether (sulfide) groups is 1. The van der Waals surface area contributed by atoms with E-state index >= 15 is 0 Å². The lowest BCUT2D eigenvalue weighted by Crippen LogP contribution is -2.22. The van der Waals surface area contributed by atoms with Gasteiger partial charge < -0.3 is 0 Å². The molecule has 0 N–H and O–H groups in total. The molecule has 2 aromatic carbocycles. The highest BCUT2D eigenvalue weighted by molar-refractivity contribution is 7.98. The van der Waals surface area contributed by atoms with Gasteiger partial charge in [-0.1, -0.05) is 53.8 Å². The number of para-hydroxylation sites is 1. The molecule has 5 rings (SSSR count). The Labute approximate surface area is 199 Å². The number of hydrogen-bond acceptors (Lipinski definition) is 7. The fraction of sp³-hybridized carbons (Fsp3) is 0.136.